The van der Waals surface area contributed by atoms with E-state index in [0.29, 0.717) is 37.8 Å². The number of aromatic nitrogens is 5. The SMILES string of the molecule is CC1C=C(Nc2nc(C3=CCCNC3)cn3c(-c4cnn(C)c4)cnc23)SC1S(=O)(=O)N1CCOCC1. The molecule has 3 aliphatic rings. The molecule has 1 fully saturated rings. The second-order valence-corrected chi connectivity index (χ2v) is 13.0. The Hall–Kier alpha value is -2.71. The molecule has 2 N–H and O–H groups in total. The molecule has 0 aromatic carbocycles. The number of nitrogens with one attached hydrogen (secondary N) is 2. The van der Waals surface area contributed by atoms with Crippen LogP contribution in [0.4, 0.5) is 5.82 Å². The molecule has 0 amide bonds. The van der Waals surface area contributed by atoms with E-state index in [1.54, 1.807) is 8.99 Å². The molecule has 11 nitrogen and oxygen atoms in total. The van der Waals surface area contributed by atoms with Gasteiger partial charge in [-0.1, -0.05) is 24.8 Å². The Balaban J connectivity index is 1.34. The number of morpholine rings is 1. The van der Waals surface area contributed by atoms with Gasteiger partial charge in [0.05, 0.1) is 42.0 Å². The lowest BCUT2D eigenvalue weighted by molar-refractivity contribution is 0.0728. The van der Waals surface area contributed by atoms with Crippen LogP contribution in [0.3, 0.4) is 0 Å². The van der Waals surface area contributed by atoms with Gasteiger partial charge in [0.25, 0.3) is 0 Å². The molecule has 3 aromatic heterocycles. The minimum atomic E-state index is -3.48. The predicted molar refractivity (Wildman–Crippen MR) is 144 cm³/mol. The number of fused-ring (bicyclic) bond motifs is 1. The number of imidazole rings is 1. The fourth-order valence-corrected chi connectivity index (χ4v) is 8.62. The van der Waals surface area contributed by atoms with Crippen LogP contribution in [0, 0.1) is 5.92 Å². The van der Waals surface area contributed by atoms with Crippen LogP contribution < -0.4 is 10.6 Å². The highest BCUT2D eigenvalue weighted by Gasteiger charge is 2.40. The van der Waals surface area contributed by atoms with Crippen LogP contribution in [0.15, 0.2) is 42.0 Å². The quantitative estimate of drug-likeness (QED) is 0.483. The zero-order chi connectivity index (χ0) is 25.6. The topological polar surface area (TPSA) is 119 Å². The van der Waals surface area contributed by atoms with Gasteiger partial charge in [0.1, 0.15) is 4.58 Å². The molecule has 0 radical (unpaired) electrons. The number of sulfonamides is 1. The van der Waals surface area contributed by atoms with E-state index in [9.17, 15) is 8.42 Å². The molecule has 2 unspecified atom stereocenters. The number of aryl methyl sites for hydroxylation is 1. The molecule has 0 aliphatic carbocycles. The van der Waals surface area contributed by atoms with Crippen molar-refractivity contribution in [2.24, 2.45) is 13.0 Å². The summed E-state index contributed by atoms with van der Waals surface area (Å²) in [5.74, 6) is 0.435. The van der Waals surface area contributed by atoms with Gasteiger partial charge in [-0.05, 0) is 24.6 Å². The van der Waals surface area contributed by atoms with Crippen molar-refractivity contribution in [1.29, 1.82) is 0 Å². The molecule has 0 spiro atoms. The summed E-state index contributed by atoms with van der Waals surface area (Å²) >= 11 is 1.33. The van der Waals surface area contributed by atoms with Crippen molar-refractivity contribution in [2.45, 2.75) is 17.9 Å². The van der Waals surface area contributed by atoms with E-state index in [2.05, 4.69) is 26.8 Å². The van der Waals surface area contributed by atoms with Crippen molar-refractivity contribution in [3.63, 3.8) is 0 Å². The highest BCUT2D eigenvalue weighted by molar-refractivity contribution is 8.15. The summed E-state index contributed by atoms with van der Waals surface area (Å²) in [5.41, 5.74) is 4.50. The summed E-state index contributed by atoms with van der Waals surface area (Å²) in [6.07, 6.45) is 12.7. The monoisotopic (exact) mass is 542 g/mol. The first-order valence-corrected chi connectivity index (χ1v) is 14.8. The summed E-state index contributed by atoms with van der Waals surface area (Å²) in [4.78, 5) is 9.63. The van der Waals surface area contributed by atoms with Crippen molar-refractivity contribution >= 4 is 38.8 Å². The second kappa shape index (κ2) is 9.87. The van der Waals surface area contributed by atoms with Gasteiger partial charge in [0, 0.05) is 50.6 Å². The molecular formula is C24H30N8O3S2. The molecular weight excluding hydrogens is 512 g/mol. The average Bonchev–Trinajstić information content (AvgIpc) is 3.63. The number of anilines is 1. The van der Waals surface area contributed by atoms with Gasteiger partial charge in [0.15, 0.2) is 11.5 Å². The Morgan fingerprint density at radius 1 is 1.22 bits per heavy atom. The maximum atomic E-state index is 13.4. The van der Waals surface area contributed by atoms with Gasteiger partial charge in [0.2, 0.25) is 10.0 Å². The van der Waals surface area contributed by atoms with Crippen LogP contribution in [-0.2, 0) is 21.8 Å². The van der Waals surface area contributed by atoms with Gasteiger partial charge in [-0.25, -0.2) is 18.4 Å². The first-order valence-electron chi connectivity index (χ1n) is 12.4. The third-order valence-corrected chi connectivity index (χ3v) is 11.1. The maximum absolute atomic E-state index is 13.4. The van der Waals surface area contributed by atoms with Crippen LogP contribution in [0.1, 0.15) is 19.0 Å². The number of hydrogen-bond donors (Lipinski definition) is 2. The van der Waals surface area contributed by atoms with Crippen molar-refractivity contribution in [2.75, 3.05) is 44.7 Å². The largest absolute Gasteiger partial charge is 0.379 e. The van der Waals surface area contributed by atoms with Crippen LogP contribution in [0.2, 0.25) is 0 Å². The lowest BCUT2D eigenvalue weighted by Gasteiger charge is -2.29. The summed E-state index contributed by atoms with van der Waals surface area (Å²) < 4.78 is 36.8. The number of ether oxygens (including phenoxy) is 1. The average molecular weight is 543 g/mol. The molecule has 0 bridgehead atoms. The van der Waals surface area contributed by atoms with Gasteiger partial charge in [-0.2, -0.15) is 9.40 Å². The smallest absolute Gasteiger partial charge is 0.227 e. The zero-order valence-electron chi connectivity index (χ0n) is 20.8. The van der Waals surface area contributed by atoms with E-state index in [1.807, 2.05) is 49.2 Å². The van der Waals surface area contributed by atoms with E-state index < -0.39 is 14.6 Å². The molecule has 3 aliphatic heterocycles. The molecule has 3 aromatic rings. The highest BCUT2D eigenvalue weighted by atomic mass is 32.3. The van der Waals surface area contributed by atoms with Crippen LogP contribution in [0.25, 0.3) is 22.5 Å². The van der Waals surface area contributed by atoms with Crippen molar-refractivity contribution in [1.82, 2.24) is 33.8 Å². The first kappa shape index (κ1) is 24.6. The van der Waals surface area contributed by atoms with E-state index in [-0.39, 0.29) is 5.92 Å². The maximum Gasteiger partial charge on any atom is 0.227 e. The second-order valence-electron chi connectivity index (χ2n) is 9.47. The highest BCUT2D eigenvalue weighted by Crippen LogP contribution is 2.41. The van der Waals surface area contributed by atoms with Gasteiger partial charge < -0.3 is 15.4 Å². The summed E-state index contributed by atoms with van der Waals surface area (Å²) in [7, 11) is -1.59. The fraction of sp³-hybridized carbons (Fsp3) is 0.458. The Morgan fingerprint density at radius 3 is 2.78 bits per heavy atom. The molecule has 1 saturated heterocycles. The van der Waals surface area contributed by atoms with E-state index in [1.165, 1.54) is 11.8 Å². The van der Waals surface area contributed by atoms with E-state index in [4.69, 9.17) is 9.72 Å². The minimum absolute atomic E-state index is 0.157. The Bertz CT molecular complexity index is 1490. The molecule has 13 heteroatoms. The first-order chi connectivity index (χ1) is 17.9. The zero-order valence-corrected chi connectivity index (χ0v) is 22.4. The van der Waals surface area contributed by atoms with Crippen molar-refractivity contribution in [3.8, 4) is 11.3 Å². The molecule has 0 saturated carbocycles. The molecule has 196 valence electrons. The van der Waals surface area contributed by atoms with Gasteiger partial charge in [-0.3, -0.25) is 9.08 Å². The minimum Gasteiger partial charge on any atom is -0.379 e. The number of allylic oxidation sites excluding steroid dienone is 1. The molecule has 6 rings (SSSR count). The Kier molecular flexibility index (Phi) is 6.57. The third-order valence-electron chi connectivity index (χ3n) is 6.80. The summed E-state index contributed by atoms with van der Waals surface area (Å²) in [5, 5.41) is 11.9. The lowest BCUT2D eigenvalue weighted by atomic mass is 10.1. The van der Waals surface area contributed by atoms with Crippen molar-refractivity contribution < 1.29 is 13.2 Å². The normalized spacial score (nSPS) is 23.3. The lowest BCUT2D eigenvalue weighted by Crippen LogP contribution is -2.45. The summed E-state index contributed by atoms with van der Waals surface area (Å²) in [6.45, 7) is 5.29. The molecule has 37 heavy (non-hydrogen) atoms. The van der Waals surface area contributed by atoms with Gasteiger partial charge in [-0.15, -0.1) is 0 Å². The van der Waals surface area contributed by atoms with Crippen LogP contribution >= 0.6 is 11.8 Å². The summed E-state index contributed by atoms with van der Waals surface area (Å²) in [6, 6.07) is 0. The molecule has 6 heterocycles. The number of nitrogens with zero attached hydrogens (tertiary/aromatic N) is 6. The predicted octanol–water partition coefficient (Wildman–Crippen LogP) is 2.13. The van der Waals surface area contributed by atoms with Gasteiger partial charge >= 0.3 is 0 Å². The van der Waals surface area contributed by atoms with E-state index >= 15 is 0 Å². The Labute approximate surface area is 220 Å². The van der Waals surface area contributed by atoms with Crippen LogP contribution in [-0.4, -0.2) is 80.8 Å². The number of hydrogen-bond acceptors (Lipinski definition) is 9. The van der Waals surface area contributed by atoms with Crippen molar-refractivity contribution in [3.05, 3.63) is 47.7 Å². The molecule has 2 atom stereocenters. The standard InChI is InChI=1S/C24H30N8O3S2/c1-16-10-21(36-24(16)37(33,34)31-6-8-35-9-7-31)29-22-23-26-13-20(18-12-27-30(2)14-18)32(23)15-19(28-22)17-4-3-5-25-11-17/h4,10,12-16,24-25H,3,5-9,11H2,1-2H3,(H,28,29). The third kappa shape index (κ3) is 4.70. The Morgan fingerprint density at radius 2 is 2.05 bits per heavy atom. The van der Waals surface area contributed by atoms with E-state index in [0.717, 1.165) is 47.1 Å². The number of rotatable bonds is 6. The number of thioether (sulfide) groups is 1. The van der Waals surface area contributed by atoms with Crippen LogP contribution in [0.5, 0.6) is 0 Å². The fourth-order valence-electron chi connectivity index (χ4n) is 4.89.